The molecule has 2 amide bonds. The number of H-pyrrole nitrogens is 1. The fourth-order valence-electron chi connectivity index (χ4n) is 3.15. The zero-order valence-electron chi connectivity index (χ0n) is 18.9. The Balaban J connectivity index is 0.000000454. The Labute approximate surface area is 203 Å². The summed E-state index contributed by atoms with van der Waals surface area (Å²) in [7, 11) is 0. The second-order valence-electron chi connectivity index (χ2n) is 7.26. The normalized spacial score (nSPS) is 10.8. The highest BCUT2D eigenvalue weighted by Crippen LogP contribution is 2.27. The lowest BCUT2D eigenvalue weighted by atomic mass is 10.1. The summed E-state index contributed by atoms with van der Waals surface area (Å²) in [6.07, 6.45) is 1.81. The zero-order valence-corrected chi connectivity index (χ0v) is 18.9. The summed E-state index contributed by atoms with van der Waals surface area (Å²) in [5.74, 6) is -2.07. The number of aromatic amines is 1. The van der Waals surface area contributed by atoms with Gasteiger partial charge in [0.05, 0.1) is 23.8 Å². The maximum absolute atomic E-state index is 11.6. The Morgan fingerprint density at radius 2 is 1.69 bits per heavy atom. The molecule has 0 fully saturated rings. The third-order valence-electron chi connectivity index (χ3n) is 4.86. The highest BCUT2D eigenvalue weighted by atomic mass is 19.4. The Hall–Kier alpha value is -4.74. The summed E-state index contributed by atoms with van der Waals surface area (Å²) in [6.45, 7) is 2.33. The van der Waals surface area contributed by atoms with Gasteiger partial charge in [-0.25, -0.2) is 14.6 Å². The van der Waals surface area contributed by atoms with Crippen molar-refractivity contribution in [1.29, 1.82) is 0 Å². The average molecular weight is 498 g/mol. The van der Waals surface area contributed by atoms with Crippen molar-refractivity contribution >= 4 is 17.7 Å². The van der Waals surface area contributed by atoms with Gasteiger partial charge in [0.1, 0.15) is 5.69 Å². The Bertz CT molecular complexity index is 1340. The molecule has 0 spiro atoms. The number of carbonyl (C=O) groups is 2. The Morgan fingerprint density at radius 3 is 2.31 bits per heavy atom. The number of halogens is 3. The lowest BCUT2D eigenvalue weighted by molar-refractivity contribution is -0.192. The number of nitrogens with two attached hydrogens (primary N) is 1. The molecule has 3 heterocycles. The number of imidazole rings is 1. The number of hydrogen-bond donors (Lipinski definition) is 3. The van der Waals surface area contributed by atoms with E-state index in [1.165, 1.54) is 4.90 Å². The van der Waals surface area contributed by atoms with Crippen molar-refractivity contribution in [3.63, 3.8) is 0 Å². The lowest BCUT2D eigenvalue weighted by Crippen LogP contribution is -2.35. The van der Waals surface area contributed by atoms with Gasteiger partial charge in [-0.1, -0.05) is 30.3 Å². The summed E-state index contributed by atoms with van der Waals surface area (Å²) in [6, 6.07) is 15.2. The maximum Gasteiger partial charge on any atom is 0.490 e. The molecule has 0 saturated carbocycles. The van der Waals surface area contributed by atoms with E-state index in [0.717, 1.165) is 28.1 Å². The molecule has 0 aliphatic carbocycles. The van der Waals surface area contributed by atoms with E-state index >= 15 is 0 Å². The third-order valence-corrected chi connectivity index (χ3v) is 4.86. The van der Waals surface area contributed by atoms with Gasteiger partial charge in [0.2, 0.25) is 0 Å². The van der Waals surface area contributed by atoms with E-state index in [1.54, 1.807) is 24.8 Å². The molecular weight excluding hydrogens is 477 g/mol. The van der Waals surface area contributed by atoms with E-state index in [0.29, 0.717) is 18.1 Å². The number of carboxylic acid groups (broad SMARTS) is 1. The minimum absolute atomic E-state index is 0.469. The van der Waals surface area contributed by atoms with Crippen molar-refractivity contribution in [3.05, 3.63) is 73.3 Å². The standard InChI is InChI=1S/C22H20N6O.C2HF3O2/c1-2-28(22(23)29)18-10-17(12-24-13-18)16-8-9-25-19(11-16)21-26-14-20(27-21)15-6-4-3-5-7-15;3-2(4,5)1(6)7/h3-14H,2H2,1H3,(H2,23,29)(H,26,27);(H,6,7). The summed E-state index contributed by atoms with van der Waals surface area (Å²) in [5, 5.41) is 7.12. The summed E-state index contributed by atoms with van der Waals surface area (Å²) >= 11 is 0. The van der Waals surface area contributed by atoms with Gasteiger partial charge in [0.15, 0.2) is 5.82 Å². The number of rotatable bonds is 5. The number of nitrogens with zero attached hydrogens (tertiary/aromatic N) is 4. The number of amides is 2. The first kappa shape index (κ1) is 25.9. The van der Waals surface area contributed by atoms with Crippen LogP contribution in [0.4, 0.5) is 23.7 Å². The number of benzene rings is 1. The number of urea groups is 1. The van der Waals surface area contributed by atoms with Gasteiger partial charge in [0.25, 0.3) is 0 Å². The van der Waals surface area contributed by atoms with E-state index in [4.69, 9.17) is 15.6 Å². The van der Waals surface area contributed by atoms with E-state index in [2.05, 4.69) is 19.9 Å². The number of carboxylic acids is 1. The number of hydrogen-bond acceptors (Lipinski definition) is 5. The smallest absolute Gasteiger partial charge is 0.475 e. The topological polar surface area (TPSA) is 138 Å². The average Bonchev–Trinajstić information content (AvgIpc) is 3.35. The number of nitrogens with one attached hydrogen (secondary N) is 1. The van der Waals surface area contributed by atoms with E-state index in [9.17, 15) is 18.0 Å². The number of aromatic nitrogens is 4. The van der Waals surface area contributed by atoms with Gasteiger partial charge in [-0.3, -0.25) is 14.9 Å². The van der Waals surface area contributed by atoms with E-state index < -0.39 is 18.2 Å². The Morgan fingerprint density at radius 1 is 1.00 bits per heavy atom. The molecule has 36 heavy (non-hydrogen) atoms. The maximum atomic E-state index is 11.6. The van der Waals surface area contributed by atoms with Crippen LogP contribution in [0, 0.1) is 0 Å². The van der Waals surface area contributed by atoms with Crippen LogP contribution in [0.5, 0.6) is 0 Å². The highest BCUT2D eigenvalue weighted by Gasteiger charge is 2.38. The molecule has 0 unspecified atom stereocenters. The molecule has 0 atom stereocenters. The highest BCUT2D eigenvalue weighted by molar-refractivity contribution is 5.91. The minimum Gasteiger partial charge on any atom is -0.475 e. The van der Waals surface area contributed by atoms with Gasteiger partial charge in [0, 0.05) is 24.5 Å². The van der Waals surface area contributed by atoms with Crippen molar-refractivity contribution in [2.75, 3.05) is 11.4 Å². The van der Waals surface area contributed by atoms with Gasteiger partial charge in [-0.2, -0.15) is 13.2 Å². The van der Waals surface area contributed by atoms with Crippen LogP contribution in [0.25, 0.3) is 33.9 Å². The minimum atomic E-state index is -5.08. The monoisotopic (exact) mass is 498 g/mol. The van der Waals surface area contributed by atoms with Crippen molar-refractivity contribution in [1.82, 2.24) is 19.9 Å². The molecule has 3 aromatic heterocycles. The second-order valence-corrected chi connectivity index (χ2v) is 7.26. The Kier molecular flexibility index (Phi) is 8.00. The lowest BCUT2D eigenvalue weighted by Gasteiger charge is -2.18. The van der Waals surface area contributed by atoms with Crippen LogP contribution in [0.3, 0.4) is 0 Å². The molecule has 186 valence electrons. The number of primary amides is 1. The van der Waals surface area contributed by atoms with Crippen LogP contribution in [0.15, 0.2) is 73.3 Å². The van der Waals surface area contributed by atoms with Gasteiger partial charge >= 0.3 is 18.2 Å². The SMILES string of the molecule is CCN(C(N)=O)c1cncc(-c2ccnc(-c3ncc(-c4ccccc4)[nH]3)c2)c1.O=C(O)C(F)(F)F. The van der Waals surface area contributed by atoms with Crippen LogP contribution in [0.1, 0.15) is 6.92 Å². The van der Waals surface area contributed by atoms with E-state index in [1.807, 2.05) is 55.5 Å². The van der Waals surface area contributed by atoms with Crippen LogP contribution in [0.2, 0.25) is 0 Å². The molecule has 4 rings (SSSR count). The first-order valence-corrected chi connectivity index (χ1v) is 10.5. The van der Waals surface area contributed by atoms with Crippen LogP contribution < -0.4 is 10.6 Å². The molecule has 12 heteroatoms. The fourth-order valence-corrected chi connectivity index (χ4v) is 3.15. The second kappa shape index (κ2) is 11.1. The molecule has 0 saturated heterocycles. The number of aliphatic carboxylic acids is 1. The summed E-state index contributed by atoms with van der Waals surface area (Å²) < 4.78 is 31.7. The van der Waals surface area contributed by atoms with Crippen molar-refractivity contribution in [2.45, 2.75) is 13.1 Å². The molecule has 4 N–H and O–H groups in total. The molecular formula is C24H21F3N6O3. The molecule has 0 radical (unpaired) electrons. The molecule has 0 bridgehead atoms. The van der Waals surface area contributed by atoms with Gasteiger partial charge < -0.3 is 15.8 Å². The molecule has 0 aliphatic heterocycles. The van der Waals surface area contributed by atoms with Crippen molar-refractivity contribution < 1.29 is 27.9 Å². The fraction of sp³-hybridized carbons (Fsp3) is 0.125. The largest absolute Gasteiger partial charge is 0.490 e. The quantitative estimate of drug-likeness (QED) is 0.363. The first-order chi connectivity index (χ1) is 17.1. The summed E-state index contributed by atoms with van der Waals surface area (Å²) in [5.41, 5.74) is 10.6. The van der Waals surface area contributed by atoms with Crippen molar-refractivity contribution in [2.24, 2.45) is 5.73 Å². The number of pyridine rings is 2. The molecule has 1 aromatic carbocycles. The van der Waals surface area contributed by atoms with E-state index in [-0.39, 0.29) is 0 Å². The van der Waals surface area contributed by atoms with Gasteiger partial charge in [-0.15, -0.1) is 0 Å². The zero-order chi connectivity index (χ0) is 26.3. The van der Waals surface area contributed by atoms with Gasteiger partial charge in [-0.05, 0) is 36.2 Å². The predicted molar refractivity (Wildman–Crippen MR) is 127 cm³/mol. The van der Waals surface area contributed by atoms with Crippen LogP contribution in [-0.4, -0.2) is 49.8 Å². The predicted octanol–water partition coefficient (Wildman–Crippen LogP) is 4.74. The number of alkyl halides is 3. The van der Waals surface area contributed by atoms with Crippen molar-refractivity contribution in [3.8, 4) is 33.9 Å². The third kappa shape index (κ3) is 6.44. The first-order valence-electron chi connectivity index (χ1n) is 10.5. The van der Waals surface area contributed by atoms with Crippen LogP contribution >= 0.6 is 0 Å². The summed E-state index contributed by atoms with van der Waals surface area (Å²) in [4.78, 5) is 38.5. The van der Waals surface area contributed by atoms with Crippen LogP contribution in [-0.2, 0) is 4.79 Å². The number of carbonyl (C=O) groups excluding carboxylic acids is 1. The molecule has 0 aliphatic rings. The molecule has 9 nitrogen and oxygen atoms in total. The molecule has 4 aromatic rings. The number of anilines is 1.